The van der Waals surface area contributed by atoms with E-state index in [-0.39, 0.29) is 0 Å². The zero-order valence-corrected chi connectivity index (χ0v) is 7.88. The van der Waals surface area contributed by atoms with E-state index in [0.29, 0.717) is 0 Å². The normalized spacial score (nSPS) is 21.4. The van der Waals surface area contributed by atoms with Crippen LogP contribution in [0.1, 0.15) is 37.3 Å². The Labute approximate surface area is 74.6 Å². The first-order chi connectivity index (χ1) is 5.79. The van der Waals surface area contributed by atoms with Gasteiger partial charge in [0, 0.05) is 0 Å². The molecule has 0 fully saturated rings. The van der Waals surface area contributed by atoms with Gasteiger partial charge in [0.15, 0.2) is 0 Å². The average molecular weight is 160 g/mol. The summed E-state index contributed by atoms with van der Waals surface area (Å²) in [6, 6.07) is 8.89. The second-order valence-electron chi connectivity index (χ2n) is 4.09. The van der Waals surface area contributed by atoms with E-state index in [1.165, 1.54) is 12.8 Å². The molecule has 1 atom stereocenters. The van der Waals surface area contributed by atoms with Crippen LogP contribution >= 0.6 is 0 Å². The Morgan fingerprint density at radius 1 is 1.25 bits per heavy atom. The molecule has 0 aliphatic heterocycles. The van der Waals surface area contributed by atoms with Gasteiger partial charge in [-0.15, -0.1) is 0 Å². The smallest absolute Gasteiger partial charge is 0.0133 e. The molecule has 64 valence electrons. The lowest BCUT2D eigenvalue weighted by Gasteiger charge is -2.14. The Kier molecular flexibility index (Phi) is 1.92. The van der Waals surface area contributed by atoms with Gasteiger partial charge in [0.25, 0.3) is 0 Å². The van der Waals surface area contributed by atoms with Crippen LogP contribution in [0, 0.1) is 5.92 Å². The van der Waals surface area contributed by atoms with Gasteiger partial charge >= 0.3 is 0 Å². The van der Waals surface area contributed by atoms with Crippen LogP contribution in [-0.4, -0.2) is 0 Å². The van der Waals surface area contributed by atoms with Crippen molar-refractivity contribution in [1.82, 2.24) is 0 Å². The summed E-state index contributed by atoms with van der Waals surface area (Å²) in [7, 11) is 0. The zero-order valence-electron chi connectivity index (χ0n) is 7.88. The first-order valence-corrected chi connectivity index (χ1v) is 4.87. The Balaban J connectivity index is 2.36. The molecule has 0 heterocycles. The Morgan fingerprint density at radius 3 is 2.75 bits per heavy atom. The van der Waals surface area contributed by atoms with E-state index in [2.05, 4.69) is 38.1 Å². The first kappa shape index (κ1) is 7.85. The second kappa shape index (κ2) is 2.93. The van der Waals surface area contributed by atoms with E-state index in [1.807, 2.05) is 0 Å². The van der Waals surface area contributed by atoms with Crippen LogP contribution in [0.3, 0.4) is 0 Å². The lowest BCUT2D eigenvalue weighted by molar-refractivity contribution is 0.496. The summed E-state index contributed by atoms with van der Waals surface area (Å²) in [6.45, 7) is 4.65. The quantitative estimate of drug-likeness (QED) is 0.591. The van der Waals surface area contributed by atoms with Crippen LogP contribution in [0.25, 0.3) is 0 Å². The molecular weight excluding hydrogens is 144 g/mol. The minimum absolute atomic E-state index is 0.800. The van der Waals surface area contributed by atoms with Crippen molar-refractivity contribution in [2.24, 2.45) is 5.92 Å². The molecule has 0 radical (unpaired) electrons. The van der Waals surface area contributed by atoms with Gasteiger partial charge in [-0.05, 0) is 35.8 Å². The van der Waals surface area contributed by atoms with E-state index in [1.54, 1.807) is 11.1 Å². The third kappa shape index (κ3) is 1.16. The predicted octanol–water partition coefficient (Wildman–Crippen LogP) is 3.37. The number of benzene rings is 1. The van der Waals surface area contributed by atoms with Crippen molar-refractivity contribution >= 4 is 0 Å². The summed E-state index contributed by atoms with van der Waals surface area (Å²) in [4.78, 5) is 0. The molecule has 1 aromatic rings. The van der Waals surface area contributed by atoms with Crippen molar-refractivity contribution in [3.05, 3.63) is 35.4 Å². The maximum absolute atomic E-state index is 2.33. The summed E-state index contributed by atoms with van der Waals surface area (Å²) >= 11 is 0. The van der Waals surface area contributed by atoms with Crippen molar-refractivity contribution in [3.8, 4) is 0 Å². The van der Waals surface area contributed by atoms with Crippen LogP contribution in [0.5, 0.6) is 0 Å². The van der Waals surface area contributed by atoms with E-state index >= 15 is 0 Å². The van der Waals surface area contributed by atoms with Crippen molar-refractivity contribution in [3.63, 3.8) is 0 Å². The fourth-order valence-corrected chi connectivity index (χ4v) is 2.28. The van der Waals surface area contributed by atoms with E-state index < -0.39 is 0 Å². The topological polar surface area (TPSA) is 0 Å². The van der Waals surface area contributed by atoms with Crippen molar-refractivity contribution in [1.29, 1.82) is 0 Å². The molecule has 1 aliphatic carbocycles. The Morgan fingerprint density at radius 2 is 2.00 bits per heavy atom. The monoisotopic (exact) mass is 160 g/mol. The highest BCUT2D eigenvalue weighted by Crippen LogP contribution is 2.37. The minimum Gasteiger partial charge on any atom is -0.0622 e. The highest BCUT2D eigenvalue weighted by Gasteiger charge is 2.23. The largest absolute Gasteiger partial charge is 0.0622 e. The first-order valence-electron chi connectivity index (χ1n) is 4.87. The number of aryl methyl sites for hydroxylation is 1. The van der Waals surface area contributed by atoms with Crippen molar-refractivity contribution in [2.75, 3.05) is 0 Å². The average Bonchev–Trinajstić information content (AvgIpc) is 2.47. The third-order valence-electron chi connectivity index (χ3n) is 2.98. The molecule has 0 unspecified atom stereocenters. The van der Waals surface area contributed by atoms with Crippen LogP contribution < -0.4 is 0 Å². The molecule has 0 saturated heterocycles. The molecular formula is C12H16. The summed E-state index contributed by atoms with van der Waals surface area (Å²) < 4.78 is 0. The van der Waals surface area contributed by atoms with Gasteiger partial charge in [-0.3, -0.25) is 0 Å². The van der Waals surface area contributed by atoms with Crippen LogP contribution in [0.2, 0.25) is 0 Å². The lowest BCUT2D eigenvalue weighted by atomic mass is 9.90. The highest BCUT2D eigenvalue weighted by atomic mass is 14.3. The minimum atomic E-state index is 0.800. The summed E-state index contributed by atoms with van der Waals surface area (Å²) in [5, 5.41) is 0. The fraction of sp³-hybridized carbons (Fsp3) is 0.500. The molecule has 0 bridgehead atoms. The van der Waals surface area contributed by atoms with E-state index in [9.17, 15) is 0 Å². The molecule has 0 aromatic heterocycles. The maximum atomic E-state index is 2.33. The molecule has 12 heavy (non-hydrogen) atoms. The van der Waals surface area contributed by atoms with Gasteiger partial charge in [-0.25, -0.2) is 0 Å². The molecule has 0 amide bonds. The molecule has 0 heteroatoms. The molecule has 0 N–H and O–H groups in total. The fourth-order valence-electron chi connectivity index (χ4n) is 2.28. The lowest BCUT2D eigenvalue weighted by Crippen LogP contribution is -2.01. The molecule has 1 aromatic carbocycles. The summed E-state index contributed by atoms with van der Waals surface area (Å²) in [6.07, 6.45) is 2.65. The van der Waals surface area contributed by atoms with E-state index in [0.717, 1.165) is 11.8 Å². The van der Waals surface area contributed by atoms with Gasteiger partial charge in [0.2, 0.25) is 0 Å². The van der Waals surface area contributed by atoms with Crippen LogP contribution in [0.15, 0.2) is 24.3 Å². The molecule has 0 nitrogen and oxygen atoms in total. The number of hydrogen-bond acceptors (Lipinski definition) is 0. The number of fused-ring (bicyclic) bond motifs is 1. The third-order valence-corrected chi connectivity index (χ3v) is 2.98. The summed E-state index contributed by atoms with van der Waals surface area (Å²) in [5.74, 6) is 1.62. The number of rotatable bonds is 1. The summed E-state index contributed by atoms with van der Waals surface area (Å²) in [5.41, 5.74) is 3.18. The van der Waals surface area contributed by atoms with Gasteiger partial charge in [-0.2, -0.15) is 0 Å². The molecule has 2 rings (SSSR count). The van der Waals surface area contributed by atoms with Gasteiger partial charge in [0.1, 0.15) is 0 Å². The maximum Gasteiger partial charge on any atom is -0.0133 e. The SMILES string of the molecule is CC(C)[C@@H]1CCc2ccccc21. The molecule has 0 saturated carbocycles. The predicted molar refractivity (Wildman–Crippen MR) is 52.3 cm³/mol. The number of hydrogen-bond donors (Lipinski definition) is 0. The molecule has 1 aliphatic rings. The Hall–Kier alpha value is -0.780. The van der Waals surface area contributed by atoms with Gasteiger partial charge < -0.3 is 0 Å². The van der Waals surface area contributed by atoms with Crippen LogP contribution in [0.4, 0.5) is 0 Å². The van der Waals surface area contributed by atoms with Gasteiger partial charge in [-0.1, -0.05) is 38.1 Å². The highest BCUT2D eigenvalue weighted by molar-refractivity contribution is 5.34. The standard InChI is InChI=1S/C12H16/c1-9(2)11-8-7-10-5-3-4-6-12(10)11/h3-6,9,11H,7-8H2,1-2H3/t11-/m0/s1. The van der Waals surface area contributed by atoms with Crippen molar-refractivity contribution in [2.45, 2.75) is 32.6 Å². The van der Waals surface area contributed by atoms with E-state index in [4.69, 9.17) is 0 Å². The zero-order chi connectivity index (χ0) is 8.55. The molecule has 0 spiro atoms. The van der Waals surface area contributed by atoms with Crippen molar-refractivity contribution < 1.29 is 0 Å². The Bertz CT molecular complexity index is 273. The second-order valence-corrected chi connectivity index (χ2v) is 4.09. The van der Waals surface area contributed by atoms with Crippen LogP contribution in [-0.2, 0) is 6.42 Å². The van der Waals surface area contributed by atoms with Gasteiger partial charge in [0.05, 0.1) is 0 Å².